The molecule has 1 N–H and O–H groups in total. The molecule has 3 heterocycles. The molecule has 1 fully saturated rings. The van der Waals surface area contributed by atoms with Crippen LogP contribution in [0.2, 0.25) is 0 Å². The van der Waals surface area contributed by atoms with Crippen LogP contribution in [0.5, 0.6) is 0 Å². The molecule has 1 unspecified atom stereocenters. The minimum atomic E-state index is -1.16. The van der Waals surface area contributed by atoms with Gasteiger partial charge in [-0.05, 0) is 49.4 Å². The molecule has 166 valence electrons. The van der Waals surface area contributed by atoms with Crippen LogP contribution in [0.25, 0.3) is 10.9 Å². The largest absolute Gasteiger partial charge is 0.477 e. The van der Waals surface area contributed by atoms with E-state index in [1.807, 2.05) is 16.7 Å². The van der Waals surface area contributed by atoms with Crippen molar-refractivity contribution in [2.75, 3.05) is 37.6 Å². The van der Waals surface area contributed by atoms with Crippen LogP contribution in [0.4, 0.5) is 5.69 Å². The van der Waals surface area contributed by atoms with E-state index in [-0.39, 0.29) is 17.0 Å². The van der Waals surface area contributed by atoms with Crippen molar-refractivity contribution in [3.8, 4) is 0 Å². The first-order chi connectivity index (χ1) is 15.5. The van der Waals surface area contributed by atoms with Gasteiger partial charge in [0, 0.05) is 56.0 Å². The number of aromatic nitrogens is 1. The zero-order chi connectivity index (χ0) is 22.2. The molecule has 1 atom stereocenters. The molecule has 6 heteroatoms. The fourth-order valence-electron chi connectivity index (χ4n) is 5.19. The summed E-state index contributed by atoms with van der Waals surface area (Å²) in [5, 5.41) is 10.0. The van der Waals surface area contributed by atoms with E-state index in [1.165, 1.54) is 16.8 Å². The number of anilines is 1. The third-order valence-corrected chi connectivity index (χ3v) is 7.06. The van der Waals surface area contributed by atoms with Crippen molar-refractivity contribution in [2.45, 2.75) is 32.2 Å². The van der Waals surface area contributed by atoms with E-state index in [4.69, 9.17) is 0 Å². The molecule has 2 aromatic carbocycles. The Balaban J connectivity index is 1.39. The molecule has 6 nitrogen and oxygen atoms in total. The Kier molecular flexibility index (Phi) is 5.47. The van der Waals surface area contributed by atoms with Gasteiger partial charge in [0.1, 0.15) is 5.56 Å². The number of carbonyl (C=O) groups is 1. The molecule has 0 aliphatic carbocycles. The smallest absolute Gasteiger partial charge is 0.341 e. The predicted octanol–water partition coefficient (Wildman–Crippen LogP) is 3.57. The molecule has 0 radical (unpaired) electrons. The fraction of sp³-hybridized carbons (Fsp3) is 0.385. The molecule has 1 saturated heterocycles. The van der Waals surface area contributed by atoms with Crippen LogP contribution in [0, 0.1) is 0 Å². The number of pyridine rings is 1. The molecule has 1 aromatic heterocycles. The van der Waals surface area contributed by atoms with Gasteiger partial charge in [-0.15, -0.1) is 0 Å². The van der Waals surface area contributed by atoms with Crippen LogP contribution in [0.15, 0.2) is 53.5 Å². The highest BCUT2D eigenvalue weighted by molar-refractivity contribution is 5.95. The van der Waals surface area contributed by atoms with Gasteiger partial charge in [-0.2, -0.15) is 0 Å². The van der Waals surface area contributed by atoms with Gasteiger partial charge in [0.05, 0.1) is 5.52 Å². The molecule has 5 rings (SSSR count). The Bertz CT molecular complexity index is 1210. The van der Waals surface area contributed by atoms with E-state index < -0.39 is 5.97 Å². The molecule has 0 saturated carbocycles. The highest BCUT2D eigenvalue weighted by Gasteiger charge is 2.27. The van der Waals surface area contributed by atoms with Crippen molar-refractivity contribution in [1.29, 1.82) is 0 Å². The van der Waals surface area contributed by atoms with Crippen LogP contribution >= 0.6 is 0 Å². The van der Waals surface area contributed by atoms with Gasteiger partial charge in [0.2, 0.25) is 5.43 Å². The van der Waals surface area contributed by atoms with Gasteiger partial charge in [-0.1, -0.05) is 30.3 Å². The SMILES string of the molecule is CC1CCc2c(N3CCN(CCc4ccccc4)CC3)ccc3c(=O)c(C(=O)O)cn1c23. The molecular weight excluding hydrogens is 402 g/mol. The molecule has 3 aromatic rings. The van der Waals surface area contributed by atoms with Crippen LogP contribution in [-0.4, -0.2) is 53.3 Å². The topological polar surface area (TPSA) is 65.8 Å². The van der Waals surface area contributed by atoms with Crippen molar-refractivity contribution in [2.24, 2.45) is 0 Å². The number of hydrogen-bond acceptors (Lipinski definition) is 4. The maximum atomic E-state index is 12.8. The minimum absolute atomic E-state index is 0.142. The first-order valence-corrected chi connectivity index (χ1v) is 11.5. The van der Waals surface area contributed by atoms with E-state index in [2.05, 4.69) is 47.1 Å². The summed E-state index contributed by atoms with van der Waals surface area (Å²) in [6.07, 6.45) is 4.47. The first-order valence-electron chi connectivity index (χ1n) is 11.5. The number of hydrogen-bond donors (Lipinski definition) is 1. The number of carboxylic acid groups (broad SMARTS) is 1. The maximum absolute atomic E-state index is 12.8. The van der Waals surface area contributed by atoms with Crippen molar-refractivity contribution in [1.82, 2.24) is 9.47 Å². The zero-order valence-corrected chi connectivity index (χ0v) is 18.5. The minimum Gasteiger partial charge on any atom is -0.477 e. The van der Waals surface area contributed by atoms with Gasteiger partial charge in [0.15, 0.2) is 0 Å². The lowest BCUT2D eigenvalue weighted by Gasteiger charge is -2.38. The Hall–Kier alpha value is -3.12. The van der Waals surface area contributed by atoms with E-state index in [0.29, 0.717) is 5.39 Å². The second-order valence-corrected chi connectivity index (χ2v) is 9.00. The van der Waals surface area contributed by atoms with E-state index >= 15 is 0 Å². The monoisotopic (exact) mass is 431 g/mol. The van der Waals surface area contributed by atoms with E-state index in [9.17, 15) is 14.7 Å². The molecule has 2 aliphatic rings. The highest BCUT2D eigenvalue weighted by Crippen LogP contribution is 2.36. The van der Waals surface area contributed by atoms with Crippen LogP contribution in [0.1, 0.15) is 40.9 Å². The second kappa shape index (κ2) is 8.43. The van der Waals surface area contributed by atoms with Crippen LogP contribution in [0.3, 0.4) is 0 Å². The third kappa shape index (κ3) is 3.69. The number of carboxylic acids is 1. The van der Waals surface area contributed by atoms with Crippen molar-refractivity contribution >= 4 is 22.6 Å². The van der Waals surface area contributed by atoms with Gasteiger partial charge in [0.25, 0.3) is 0 Å². The van der Waals surface area contributed by atoms with Gasteiger partial charge < -0.3 is 14.6 Å². The number of aromatic carboxylic acids is 1. The standard InChI is InChI=1S/C26H29N3O3/c1-18-7-8-20-23(10-9-21-24(20)29(18)17-22(25(21)30)26(31)32)28-15-13-27(14-16-28)12-11-19-5-3-2-4-6-19/h2-6,9-10,17-18H,7-8,11-16H2,1H3,(H,31,32). The lowest BCUT2D eigenvalue weighted by molar-refractivity contribution is 0.0694. The summed E-state index contributed by atoms with van der Waals surface area (Å²) < 4.78 is 2.01. The Morgan fingerprint density at radius 1 is 1.06 bits per heavy atom. The average Bonchev–Trinajstić information content (AvgIpc) is 2.82. The number of rotatable bonds is 5. The normalized spacial score (nSPS) is 18.8. The lowest BCUT2D eigenvalue weighted by Crippen LogP contribution is -2.47. The molecule has 0 spiro atoms. The van der Waals surface area contributed by atoms with Gasteiger partial charge >= 0.3 is 5.97 Å². The zero-order valence-electron chi connectivity index (χ0n) is 18.5. The van der Waals surface area contributed by atoms with Gasteiger partial charge in [-0.3, -0.25) is 9.69 Å². The van der Waals surface area contributed by atoms with Crippen LogP contribution in [-0.2, 0) is 12.8 Å². The Morgan fingerprint density at radius 3 is 2.53 bits per heavy atom. The first kappa shape index (κ1) is 20.8. The fourth-order valence-corrected chi connectivity index (χ4v) is 5.19. The summed E-state index contributed by atoms with van der Waals surface area (Å²) in [7, 11) is 0. The second-order valence-electron chi connectivity index (χ2n) is 9.00. The summed E-state index contributed by atoms with van der Waals surface area (Å²) in [6, 6.07) is 14.7. The Labute approximate surface area is 187 Å². The highest BCUT2D eigenvalue weighted by atomic mass is 16.4. The third-order valence-electron chi connectivity index (χ3n) is 7.06. The Morgan fingerprint density at radius 2 is 1.81 bits per heavy atom. The maximum Gasteiger partial charge on any atom is 0.341 e. The molecule has 32 heavy (non-hydrogen) atoms. The van der Waals surface area contributed by atoms with E-state index in [0.717, 1.165) is 57.5 Å². The van der Waals surface area contributed by atoms with E-state index in [1.54, 1.807) is 6.20 Å². The number of benzene rings is 2. The summed E-state index contributed by atoms with van der Waals surface area (Å²) in [5.74, 6) is -1.16. The van der Waals surface area contributed by atoms with Gasteiger partial charge in [-0.25, -0.2) is 4.79 Å². The predicted molar refractivity (Wildman–Crippen MR) is 127 cm³/mol. The van der Waals surface area contributed by atoms with Crippen molar-refractivity contribution in [3.63, 3.8) is 0 Å². The average molecular weight is 432 g/mol. The number of aryl methyl sites for hydroxylation is 1. The quantitative estimate of drug-likeness (QED) is 0.669. The molecule has 0 bridgehead atoms. The number of nitrogens with zero attached hydrogens (tertiary/aromatic N) is 3. The summed E-state index contributed by atoms with van der Waals surface area (Å²) in [5.41, 5.74) is 4.16. The van der Waals surface area contributed by atoms with Crippen molar-refractivity contribution < 1.29 is 9.90 Å². The van der Waals surface area contributed by atoms with Crippen molar-refractivity contribution in [3.05, 3.63) is 75.6 Å². The molecule has 0 amide bonds. The summed E-state index contributed by atoms with van der Waals surface area (Å²) in [6.45, 7) is 7.12. The summed E-state index contributed by atoms with van der Waals surface area (Å²) >= 11 is 0. The van der Waals surface area contributed by atoms with Crippen LogP contribution < -0.4 is 10.3 Å². The number of piperazine rings is 1. The summed E-state index contributed by atoms with van der Waals surface area (Å²) in [4.78, 5) is 29.4. The lowest BCUT2D eigenvalue weighted by atomic mass is 9.94. The molecular formula is C26H29N3O3. The molecule has 2 aliphatic heterocycles.